The molecule has 0 aromatic carbocycles. The van der Waals surface area contributed by atoms with Gasteiger partial charge >= 0.3 is 0 Å². The largest absolute Gasteiger partial charge is 0.390 e. The van der Waals surface area contributed by atoms with Crippen molar-refractivity contribution < 1.29 is 20.1 Å². The van der Waals surface area contributed by atoms with Crippen molar-refractivity contribution in [3.8, 4) is 0 Å². The van der Waals surface area contributed by atoms with Crippen LogP contribution in [0.25, 0.3) is 0 Å². The maximum Gasteiger partial charge on any atom is 0.181 e. The highest BCUT2D eigenvalue weighted by molar-refractivity contribution is 14.1. The molecule has 1 aliphatic heterocycles. The highest BCUT2D eigenvalue weighted by Gasteiger charge is 2.34. The van der Waals surface area contributed by atoms with Crippen molar-refractivity contribution in [2.75, 3.05) is 4.43 Å². The number of aliphatic hydroxyl groups excluding tert-OH is 3. The minimum Gasteiger partial charge on any atom is -0.390 e. The molecule has 0 bridgehead atoms. The highest BCUT2D eigenvalue weighted by atomic mass is 127. The fraction of sp³-hybridized carbons (Fsp3) is 1.00. The van der Waals surface area contributed by atoms with Gasteiger partial charge in [0, 0.05) is 10.8 Å². The smallest absolute Gasteiger partial charge is 0.181 e. The van der Waals surface area contributed by atoms with Crippen LogP contribution in [0.4, 0.5) is 0 Å². The second-order valence-electron chi connectivity index (χ2n) is 2.59. The number of alkyl halides is 1. The molecular weight excluding hydrogens is 263 g/mol. The number of halogens is 1. The Morgan fingerprint density at radius 3 is 2.45 bits per heavy atom. The van der Waals surface area contributed by atoms with Gasteiger partial charge in [-0.1, -0.05) is 22.6 Å². The summed E-state index contributed by atoms with van der Waals surface area (Å²) >= 11 is 2.06. The van der Waals surface area contributed by atoms with Crippen LogP contribution in [-0.4, -0.2) is 44.3 Å². The zero-order valence-corrected chi connectivity index (χ0v) is 8.01. The molecule has 1 heterocycles. The van der Waals surface area contributed by atoms with Gasteiger partial charge in [-0.25, -0.2) is 0 Å². The van der Waals surface area contributed by atoms with Crippen molar-refractivity contribution in [1.82, 2.24) is 0 Å². The SMILES string of the molecule is OC1O[C@@H](CI)[C@@H](O)C[C@@H]1O. The lowest BCUT2D eigenvalue weighted by molar-refractivity contribution is -0.238. The molecule has 4 nitrogen and oxygen atoms in total. The summed E-state index contributed by atoms with van der Waals surface area (Å²) in [5.74, 6) is 0. The predicted octanol–water partition coefficient (Wildman–Crippen LogP) is -0.750. The fourth-order valence-corrected chi connectivity index (χ4v) is 1.81. The summed E-state index contributed by atoms with van der Waals surface area (Å²) in [5, 5.41) is 27.3. The molecule has 0 saturated carbocycles. The number of rotatable bonds is 1. The van der Waals surface area contributed by atoms with E-state index < -0.39 is 18.5 Å². The number of aliphatic hydroxyl groups is 3. The van der Waals surface area contributed by atoms with Gasteiger partial charge in [-0.3, -0.25) is 0 Å². The molecule has 1 aliphatic rings. The van der Waals surface area contributed by atoms with Gasteiger partial charge in [0.25, 0.3) is 0 Å². The zero-order valence-electron chi connectivity index (χ0n) is 5.85. The highest BCUT2D eigenvalue weighted by Crippen LogP contribution is 2.19. The van der Waals surface area contributed by atoms with Crippen LogP contribution in [0.5, 0.6) is 0 Å². The maximum absolute atomic E-state index is 9.26. The maximum atomic E-state index is 9.26. The van der Waals surface area contributed by atoms with E-state index in [1.165, 1.54) is 0 Å². The van der Waals surface area contributed by atoms with Gasteiger partial charge in [0.1, 0.15) is 6.10 Å². The Labute approximate surface area is 78.3 Å². The van der Waals surface area contributed by atoms with E-state index in [1.807, 2.05) is 0 Å². The summed E-state index contributed by atoms with van der Waals surface area (Å²) in [5.41, 5.74) is 0. The van der Waals surface area contributed by atoms with E-state index in [4.69, 9.17) is 14.9 Å². The van der Waals surface area contributed by atoms with E-state index in [9.17, 15) is 5.11 Å². The predicted molar refractivity (Wildman–Crippen MR) is 46.4 cm³/mol. The summed E-state index contributed by atoms with van der Waals surface area (Å²) in [4.78, 5) is 0. The first kappa shape index (κ1) is 9.66. The third kappa shape index (κ3) is 2.25. The molecule has 0 radical (unpaired) electrons. The molecule has 1 saturated heterocycles. The van der Waals surface area contributed by atoms with Crippen LogP contribution in [0, 0.1) is 0 Å². The van der Waals surface area contributed by atoms with E-state index in [-0.39, 0.29) is 12.5 Å². The van der Waals surface area contributed by atoms with Gasteiger partial charge in [-0.2, -0.15) is 0 Å². The van der Waals surface area contributed by atoms with Gasteiger partial charge in [0.05, 0.1) is 12.2 Å². The summed E-state index contributed by atoms with van der Waals surface area (Å²) in [7, 11) is 0. The quantitative estimate of drug-likeness (QED) is 0.435. The summed E-state index contributed by atoms with van der Waals surface area (Å²) in [6.45, 7) is 0. The second kappa shape index (κ2) is 3.99. The third-order valence-corrected chi connectivity index (χ3v) is 2.58. The fourth-order valence-electron chi connectivity index (χ4n) is 1.02. The van der Waals surface area contributed by atoms with Gasteiger partial charge in [0.2, 0.25) is 0 Å². The Hall–Kier alpha value is 0.570. The molecule has 0 spiro atoms. The van der Waals surface area contributed by atoms with E-state index in [0.717, 1.165) is 0 Å². The Balaban J connectivity index is 2.48. The Kier molecular flexibility index (Phi) is 3.51. The summed E-state index contributed by atoms with van der Waals surface area (Å²) < 4.78 is 5.52. The molecule has 5 heteroatoms. The average molecular weight is 274 g/mol. The minimum absolute atomic E-state index is 0.189. The van der Waals surface area contributed by atoms with Crippen LogP contribution in [-0.2, 0) is 4.74 Å². The van der Waals surface area contributed by atoms with Crippen LogP contribution in [0.3, 0.4) is 0 Å². The van der Waals surface area contributed by atoms with Crippen molar-refractivity contribution in [2.24, 2.45) is 0 Å². The van der Waals surface area contributed by atoms with E-state index in [1.54, 1.807) is 0 Å². The van der Waals surface area contributed by atoms with Crippen LogP contribution >= 0.6 is 22.6 Å². The molecule has 0 amide bonds. The molecule has 11 heavy (non-hydrogen) atoms. The van der Waals surface area contributed by atoms with Crippen molar-refractivity contribution in [3.05, 3.63) is 0 Å². The minimum atomic E-state index is -1.14. The first-order chi connectivity index (χ1) is 5.15. The summed E-state index contributed by atoms with van der Waals surface area (Å²) in [6, 6.07) is 0. The first-order valence-corrected chi connectivity index (χ1v) is 4.93. The molecule has 0 aromatic heterocycles. The second-order valence-corrected chi connectivity index (χ2v) is 3.47. The van der Waals surface area contributed by atoms with Crippen LogP contribution in [0.15, 0.2) is 0 Å². The van der Waals surface area contributed by atoms with Crippen molar-refractivity contribution in [2.45, 2.75) is 31.0 Å². The molecule has 0 aliphatic carbocycles. The van der Waals surface area contributed by atoms with Gasteiger partial charge in [-0.05, 0) is 0 Å². The third-order valence-electron chi connectivity index (χ3n) is 1.71. The number of hydrogen-bond donors (Lipinski definition) is 3. The van der Waals surface area contributed by atoms with Gasteiger partial charge < -0.3 is 20.1 Å². The van der Waals surface area contributed by atoms with Crippen LogP contribution < -0.4 is 0 Å². The molecule has 0 aromatic rings. The molecule has 3 N–H and O–H groups in total. The van der Waals surface area contributed by atoms with Gasteiger partial charge in [-0.15, -0.1) is 0 Å². The zero-order chi connectivity index (χ0) is 8.43. The molecule has 1 fully saturated rings. The van der Waals surface area contributed by atoms with E-state index >= 15 is 0 Å². The Morgan fingerprint density at radius 1 is 1.27 bits per heavy atom. The molecule has 1 rings (SSSR count). The lowest BCUT2D eigenvalue weighted by Gasteiger charge is -2.33. The van der Waals surface area contributed by atoms with E-state index in [2.05, 4.69) is 22.6 Å². The molecule has 4 atom stereocenters. The number of ether oxygens (including phenoxy) is 1. The van der Waals surface area contributed by atoms with Gasteiger partial charge in [0.15, 0.2) is 6.29 Å². The summed E-state index contributed by atoms with van der Waals surface area (Å²) in [6.07, 6.45) is -2.92. The monoisotopic (exact) mass is 274 g/mol. The molecular formula is C6H11IO4. The van der Waals surface area contributed by atoms with Crippen molar-refractivity contribution in [1.29, 1.82) is 0 Å². The van der Waals surface area contributed by atoms with Crippen LogP contribution in [0.1, 0.15) is 6.42 Å². The molecule has 1 unspecified atom stereocenters. The van der Waals surface area contributed by atoms with Crippen molar-refractivity contribution in [3.63, 3.8) is 0 Å². The molecule has 66 valence electrons. The van der Waals surface area contributed by atoms with Crippen molar-refractivity contribution >= 4 is 22.6 Å². The topological polar surface area (TPSA) is 69.9 Å². The lowest BCUT2D eigenvalue weighted by Crippen LogP contribution is -2.47. The average Bonchev–Trinajstić information content (AvgIpc) is 1.97. The standard InChI is InChI=1S/C6H11IO4/c7-2-5-3(8)1-4(9)6(10)11-5/h3-6,8-10H,1-2H2/t3-,4-,5-,6?/m0/s1. The number of hydrogen-bond acceptors (Lipinski definition) is 4. The first-order valence-electron chi connectivity index (χ1n) is 3.40. The van der Waals surface area contributed by atoms with E-state index in [0.29, 0.717) is 4.43 Å². The normalized spacial score (nSPS) is 45.8. The van der Waals surface area contributed by atoms with Crippen LogP contribution in [0.2, 0.25) is 0 Å². The lowest BCUT2D eigenvalue weighted by atomic mass is 10.0. The Bertz CT molecular complexity index is 132. The Morgan fingerprint density at radius 2 is 1.91 bits per heavy atom.